The van der Waals surface area contributed by atoms with Gasteiger partial charge in [0.25, 0.3) is 5.91 Å². The molecule has 0 saturated carbocycles. The van der Waals surface area contributed by atoms with Gasteiger partial charge in [-0.1, -0.05) is 6.07 Å². The summed E-state index contributed by atoms with van der Waals surface area (Å²) in [5.74, 6) is -0.138. The lowest BCUT2D eigenvalue weighted by atomic mass is 10.1. The van der Waals surface area contributed by atoms with E-state index >= 15 is 0 Å². The first-order valence-corrected chi connectivity index (χ1v) is 6.12. The molecule has 0 aliphatic heterocycles. The molecule has 0 atom stereocenters. The minimum atomic E-state index is -0.138. The first-order chi connectivity index (χ1) is 9.11. The molecule has 19 heavy (non-hydrogen) atoms. The van der Waals surface area contributed by atoms with Gasteiger partial charge >= 0.3 is 0 Å². The predicted octanol–water partition coefficient (Wildman–Crippen LogP) is 2.99. The van der Waals surface area contributed by atoms with Crippen molar-refractivity contribution in [1.82, 2.24) is 4.98 Å². The Bertz CT molecular complexity index is 608. The number of hydrogen-bond donors (Lipinski definition) is 2. The number of pyridine rings is 1. The van der Waals surface area contributed by atoms with E-state index in [4.69, 9.17) is 0 Å². The Balaban J connectivity index is 2.28. The van der Waals surface area contributed by atoms with E-state index in [1.807, 2.05) is 38.1 Å². The first kappa shape index (κ1) is 13.1. The van der Waals surface area contributed by atoms with Gasteiger partial charge in [0.2, 0.25) is 0 Å². The predicted molar refractivity (Wildman–Crippen MR) is 77.7 cm³/mol. The largest absolute Gasteiger partial charge is 0.387 e. The number of amides is 1. The standard InChI is InChI=1S/C15H17N3O/c1-10-4-5-12(13(8-10)16-3)15(19)18-14-9-17-7-6-11(14)2/h4-9,16H,1-3H3,(H,18,19). The highest BCUT2D eigenvalue weighted by Crippen LogP contribution is 2.19. The number of nitrogens with zero attached hydrogens (tertiary/aromatic N) is 1. The fraction of sp³-hybridized carbons (Fsp3) is 0.200. The van der Waals surface area contributed by atoms with Crippen molar-refractivity contribution in [1.29, 1.82) is 0 Å². The molecular formula is C15H17N3O. The molecule has 0 fully saturated rings. The Kier molecular flexibility index (Phi) is 3.80. The Morgan fingerprint density at radius 3 is 2.63 bits per heavy atom. The van der Waals surface area contributed by atoms with Crippen LogP contribution in [0.15, 0.2) is 36.7 Å². The Morgan fingerprint density at radius 1 is 1.16 bits per heavy atom. The third kappa shape index (κ3) is 2.91. The summed E-state index contributed by atoms with van der Waals surface area (Å²) in [5.41, 5.74) is 4.27. The summed E-state index contributed by atoms with van der Waals surface area (Å²) in [5, 5.41) is 5.92. The van der Waals surface area contributed by atoms with Crippen LogP contribution in [0.3, 0.4) is 0 Å². The lowest BCUT2D eigenvalue weighted by molar-refractivity contribution is 0.102. The number of anilines is 2. The average Bonchev–Trinajstić information content (AvgIpc) is 2.41. The molecule has 0 spiro atoms. The van der Waals surface area contributed by atoms with Gasteiger partial charge in [0.1, 0.15) is 0 Å². The molecule has 1 amide bonds. The maximum atomic E-state index is 12.3. The highest BCUT2D eigenvalue weighted by molar-refractivity contribution is 6.08. The molecule has 0 radical (unpaired) electrons. The number of aryl methyl sites for hydroxylation is 2. The Labute approximate surface area is 112 Å². The van der Waals surface area contributed by atoms with Gasteiger partial charge < -0.3 is 10.6 Å². The summed E-state index contributed by atoms with van der Waals surface area (Å²) in [6, 6.07) is 7.56. The van der Waals surface area contributed by atoms with Gasteiger partial charge in [0.15, 0.2) is 0 Å². The molecule has 2 N–H and O–H groups in total. The molecule has 98 valence electrons. The third-order valence-corrected chi connectivity index (χ3v) is 2.98. The molecule has 2 rings (SSSR count). The zero-order valence-electron chi connectivity index (χ0n) is 11.3. The number of aromatic nitrogens is 1. The number of hydrogen-bond acceptors (Lipinski definition) is 3. The first-order valence-electron chi connectivity index (χ1n) is 6.12. The SMILES string of the molecule is CNc1cc(C)ccc1C(=O)Nc1cnccc1C. The van der Waals surface area contributed by atoms with Crippen LogP contribution < -0.4 is 10.6 Å². The quantitative estimate of drug-likeness (QED) is 0.886. The van der Waals surface area contributed by atoms with Crippen LogP contribution in [0.4, 0.5) is 11.4 Å². The minimum absolute atomic E-state index is 0.138. The highest BCUT2D eigenvalue weighted by atomic mass is 16.1. The average molecular weight is 255 g/mol. The number of benzene rings is 1. The smallest absolute Gasteiger partial charge is 0.257 e. The number of rotatable bonds is 3. The molecule has 0 bridgehead atoms. The summed E-state index contributed by atoms with van der Waals surface area (Å²) in [7, 11) is 1.81. The summed E-state index contributed by atoms with van der Waals surface area (Å²) in [6.07, 6.45) is 3.36. The van der Waals surface area contributed by atoms with Gasteiger partial charge in [0, 0.05) is 18.9 Å². The summed E-state index contributed by atoms with van der Waals surface area (Å²) in [4.78, 5) is 16.3. The van der Waals surface area contributed by atoms with Gasteiger partial charge in [-0.25, -0.2) is 0 Å². The zero-order chi connectivity index (χ0) is 13.8. The second-order valence-electron chi connectivity index (χ2n) is 4.44. The van der Waals surface area contributed by atoms with Crippen molar-refractivity contribution in [3.63, 3.8) is 0 Å². The van der Waals surface area contributed by atoms with Gasteiger partial charge in [-0.2, -0.15) is 0 Å². The minimum Gasteiger partial charge on any atom is -0.387 e. The lowest BCUT2D eigenvalue weighted by Crippen LogP contribution is -2.15. The van der Waals surface area contributed by atoms with E-state index in [1.54, 1.807) is 19.4 Å². The third-order valence-electron chi connectivity index (χ3n) is 2.98. The van der Waals surface area contributed by atoms with Crippen LogP contribution in [-0.4, -0.2) is 17.9 Å². The summed E-state index contributed by atoms with van der Waals surface area (Å²) in [6.45, 7) is 3.93. The highest BCUT2D eigenvalue weighted by Gasteiger charge is 2.12. The Morgan fingerprint density at radius 2 is 1.95 bits per heavy atom. The number of nitrogens with one attached hydrogen (secondary N) is 2. The zero-order valence-corrected chi connectivity index (χ0v) is 11.3. The van der Waals surface area contributed by atoms with E-state index in [0.717, 1.165) is 22.5 Å². The molecule has 0 aliphatic rings. The molecule has 2 aromatic rings. The Hall–Kier alpha value is -2.36. The second kappa shape index (κ2) is 5.52. The van der Waals surface area contributed by atoms with Crippen molar-refractivity contribution in [2.75, 3.05) is 17.7 Å². The molecule has 4 nitrogen and oxygen atoms in total. The molecule has 4 heteroatoms. The van der Waals surface area contributed by atoms with Crippen molar-refractivity contribution in [3.05, 3.63) is 53.3 Å². The summed E-state index contributed by atoms with van der Waals surface area (Å²) < 4.78 is 0. The molecule has 1 heterocycles. The van der Waals surface area contributed by atoms with Crippen LogP contribution in [-0.2, 0) is 0 Å². The monoisotopic (exact) mass is 255 g/mol. The van der Waals surface area contributed by atoms with Crippen molar-refractivity contribution in [2.24, 2.45) is 0 Å². The van der Waals surface area contributed by atoms with Crippen molar-refractivity contribution >= 4 is 17.3 Å². The maximum absolute atomic E-state index is 12.3. The van der Waals surface area contributed by atoms with Crippen LogP contribution in [0.25, 0.3) is 0 Å². The van der Waals surface area contributed by atoms with Crippen LogP contribution in [0.1, 0.15) is 21.5 Å². The fourth-order valence-electron chi connectivity index (χ4n) is 1.85. The normalized spacial score (nSPS) is 10.1. The van der Waals surface area contributed by atoms with Crippen molar-refractivity contribution < 1.29 is 4.79 Å². The number of carbonyl (C=O) groups excluding carboxylic acids is 1. The molecule has 1 aromatic carbocycles. The topological polar surface area (TPSA) is 54.0 Å². The van der Waals surface area contributed by atoms with Crippen LogP contribution in [0, 0.1) is 13.8 Å². The van der Waals surface area contributed by atoms with E-state index < -0.39 is 0 Å². The molecular weight excluding hydrogens is 238 g/mol. The van der Waals surface area contributed by atoms with Crippen LogP contribution >= 0.6 is 0 Å². The molecule has 0 unspecified atom stereocenters. The van der Waals surface area contributed by atoms with Gasteiger partial charge in [-0.15, -0.1) is 0 Å². The van der Waals surface area contributed by atoms with Gasteiger partial charge in [-0.3, -0.25) is 9.78 Å². The molecule has 1 aromatic heterocycles. The van der Waals surface area contributed by atoms with Crippen molar-refractivity contribution in [3.8, 4) is 0 Å². The molecule has 0 aliphatic carbocycles. The van der Waals surface area contributed by atoms with E-state index in [-0.39, 0.29) is 5.91 Å². The van der Waals surface area contributed by atoms with E-state index in [2.05, 4.69) is 15.6 Å². The van der Waals surface area contributed by atoms with Gasteiger partial charge in [-0.05, 0) is 43.2 Å². The van der Waals surface area contributed by atoms with E-state index in [1.165, 1.54) is 0 Å². The van der Waals surface area contributed by atoms with E-state index in [9.17, 15) is 4.79 Å². The summed E-state index contributed by atoms with van der Waals surface area (Å²) >= 11 is 0. The number of carbonyl (C=O) groups is 1. The van der Waals surface area contributed by atoms with Crippen LogP contribution in [0.5, 0.6) is 0 Å². The maximum Gasteiger partial charge on any atom is 0.257 e. The second-order valence-corrected chi connectivity index (χ2v) is 4.44. The molecule has 0 saturated heterocycles. The lowest BCUT2D eigenvalue weighted by Gasteiger charge is -2.11. The van der Waals surface area contributed by atoms with E-state index in [0.29, 0.717) is 5.56 Å². The van der Waals surface area contributed by atoms with Crippen LogP contribution in [0.2, 0.25) is 0 Å². The fourth-order valence-corrected chi connectivity index (χ4v) is 1.85. The van der Waals surface area contributed by atoms with Crippen molar-refractivity contribution in [2.45, 2.75) is 13.8 Å². The van der Waals surface area contributed by atoms with Gasteiger partial charge in [0.05, 0.1) is 17.4 Å².